The zero-order chi connectivity index (χ0) is 10.6. The monoisotopic (exact) mass is 207 g/mol. The van der Waals surface area contributed by atoms with E-state index in [2.05, 4.69) is 5.32 Å². The summed E-state index contributed by atoms with van der Waals surface area (Å²) in [6.07, 6.45) is 1.82. The van der Waals surface area contributed by atoms with Crippen LogP contribution in [0.2, 0.25) is 0 Å². The topological polar surface area (TPSA) is 41.5 Å². The summed E-state index contributed by atoms with van der Waals surface area (Å²) in [5, 5.41) is 13.3. The summed E-state index contributed by atoms with van der Waals surface area (Å²) < 4.78 is 5.56. The third-order valence-corrected chi connectivity index (χ3v) is 2.70. The fourth-order valence-corrected chi connectivity index (χ4v) is 1.81. The molecule has 15 heavy (non-hydrogen) atoms. The molecule has 0 unspecified atom stereocenters. The van der Waals surface area contributed by atoms with Crippen LogP contribution in [-0.4, -0.2) is 30.4 Å². The number of β-amino-alcohol motifs (C(OH)–C–C–N with tert-alkyl or cyclic N) is 1. The van der Waals surface area contributed by atoms with E-state index in [4.69, 9.17) is 4.74 Å². The Morgan fingerprint density at radius 2 is 2.13 bits per heavy atom. The van der Waals surface area contributed by atoms with Gasteiger partial charge in [0.2, 0.25) is 0 Å². The van der Waals surface area contributed by atoms with E-state index >= 15 is 0 Å². The van der Waals surface area contributed by atoms with Gasteiger partial charge >= 0.3 is 0 Å². The molecule has 3 nitrogen and oxygen atoms in total. The van der Waals surface area contributed by atoms with Crippen LogP contribution in [0.25, 0.3) is 0 Å². The van der Waals surface area contributed by atoms with Crippen LogP contribution in [0.15, 0.2) is 30.3 Å². The first-order chi connectivity index (χ1) is 7.29. The van der Waals surface area contributed by atoms with E-state index in [1.807, 2.05) is 30.3 Å². The number of ether oxygens (including phenoxy) is 1. The lowest BCUT2D eigenvalue weighted by Crippen LogP contribution is -2.49. The minimum Gasteiger partial charge on any atom is -0.491 e. The molecular formula is C12H17NO2. The highest BCUT2D eigenvalue weighted by Crippen LogP contribution is 2.18. The zero-order valence-corrected chi connectivity index (χ0v) is 8.78. The van der Waals surface area contributed by atoms with Crippen molar-refractivity contribution in [2.24, 2.45) is 0 Å². The molecule has 0 saturated carbocycles. The number of hydrogen-bond acceptors (Lipinski definition) is 3. The molecule has 2 rings (SSSR count). The maximum absolute atomic E-state index is 10.1. The molecule has 0 aromatic heterocycles. The number of nitrogens with one attached hydrogen (secondary N) is 1. The molecule has 1 atom stereocenters. The van der Waals surface area contributed by atoms with Crippen molar-refractivity contribution >= 4 is 0 Å². The van der Waals surface area contributed by atoms with E-state index in [1.54, 1.807) is 0 Å². The van der Waals surface area contributed by atoms with Gasteiger partial charge < -0.3 is 15.2 Å². The molecule has 0 amide bonds. The molecule has 1 heterocycles. The summed E-state index contributed by atoms with van der Waals surface area (Å²) in [5.74, 6) is 0.816. The number of hydrogen-bond donors (Lipinski definition) is 2. The molecule has 0 bridgehead atoms. The van der Waals surface area contributed by atoms with Crippen molar-refractivity contribution in [3.8, 4) is 5.75 Å². The highest BCUT2D eigenvalue weighted by molar-refractivity contribution is 5.21. The summed E-state index contributed by atoms with van der Waals surface area (Å²) in [6.45, 7) is 1.98. The predicted octanol–water partition coefficient (Wildman–Crippen LogP) is 1.18. The predicted molar refractivity (Wildman–Crippen MR) is 59.0 cm³/mol. The summed E-state index contributed by atoms with van der Waals surface area (Å²) in [7, 11) is 0. The number of aliphatic hydroxyl groups is 1. The Balaban J connectivity index is 1.87. The van der Waals surface area contributed by atoms with Crippen LogP contribution >= 0.6 is 0 Å². The first kappa shape index (κ1) is 10.5. The summed E-state index contributed by atoms with van der Waals surface area (Å²) in [4.78, 5) is 0. The molecule has 1 aromatic rings. The SMILES string of the molecule is O[C@@]1(COc2ccccc2)CCCNC1. The van der Waals surface area contributed by atoms with Crippen LogP contribution in [0.5, 0.6) is 5.75 Å². The molecule has 1 saturated heterocycles. The third-order valence-electron chi connectivity index (χ3n) is 2.70. The lowest BCUT2D eigenvalue weighted by Gasteiger charge is -2.32. The second-order valence-electron chi connectivity index (χ2n) is 4.11. The molecule has 0 aliphatic carbocycles. The summed E-state index contributed by atoms with van der Waals surface area (Å²) >= 11 is 0. The average Bonchev–Trinajstić information content (AvgIpc) is 2.29. The highest BCUT2D eigenvalue weighted by atomic mass is 16.5. The summed E-state index contributed by atoms with van der Waals surface area (Å²) in [6, 6.07) is 9.61. The van der Waals surface area contributed by atoms with Gasteiger partial charge in [-0.15, -0.1) is 0 Å². The Morgan fingerprint density at radius 3 is 2.80 bits per heavy atom. The maximum Gasteiger partial charge on any atom is 0.119 e. The van der Waals surface area contributed by atoms with E-state index < -0.39 is 5.60 Å². The van der Waals surface area contributed by atoms with Gasteiger partial charge in [0.05, 0.1) is 0 Å². The van der Waals surface area contributed by atoms with Crippen LogP contribution in [0.4, 0.5) is 0 Å². The largest absolute Gasteiger partial charge is 0.491 e. The number of para-hydroxylation sites is 1. The van der Waals surface area contributed by atoms with Gasteiger partial charge in [0, 0.05) is 6.54 Å². The van der Waals surface area contributed by atoms with E-state index in [-0.39, 0.29) is 0 Å². The fourth-order valence-electron chi connectivity index (χ4n) is 1.81. The van der Waals surface area contributed by atoms with Gasteiger partial charge in [-0.25, -0.2) is 0 Å². The van der Waals surface area contributed by atoms with Crippen molar-refractivity contribution in [1.82, 2.24) is 5.32 Å². The third kappa shape index (κ3) is 2.94. The number of rotatable bonds is 3. The molecular weight excluding hydrogens is 190 g/mol. The Morgan fingerprint density at radius 1 is 1.33 bits per heavy atom. The Kier molecular flexibility index (Phi) is 3.23. The molecule has 1 aliphatic heterocycles. The van der Waals surface area contributed by atoms with Crippen molar-refractivity contribution < 1.29 is 9.84 Å². The Bertz CT molecular complexity index is 294. The number of benzene rings is 1. The van der Waals surface area contributed by atoms with Crippen LogP contribution in [-0.2, 0) is 0 Å². The van der Waals surface area contributed by atoms with Gasteiger partial charge in [0.1, 0.15) is 18.0 Å². The molecule has 1 aliphatic rings. The van der Waals surface area contributed by atoms with Crippen LogP contribution in [0, 0.1) is 0 Å². The minimum atomic E-state index is -0.700. The van der Waals surface area contributed by atoms with Crippen molar-refractivity contribution in [2.45, 2.75) is 18.4 Å². The first-order valence-corrected chi connectivity index (χ1v) is 5.39. The quantitative estimate of drug-likeness (QED) is 0.782. The molecule has 82 valence electrons. The van der Waals surface area contributed by atoms with Crippen molar-refractivity contribution in [1.29, 1.82) is 0 Å². The minimum absolute atomic E-state index is 0.365. The molecule has 0 radical (unpaired) electrons. The average molecular weight is 207 g/mol. The van der Waals surface area contributed by atoms with E-state index in [1.165, 1.54) is 0 Å². The van der Waals surface area contributed by atoms with Crippen molar-refractivity contribution in [2.75, 3.05) is 19.7 Å². The number of piperidine rings is 1. The first-order valence-electron chi connectivity index (χ1n) is 5.39. The van der Waals surface area contributed by atoms with Gasteiger partial charge in [0.15, 0.2) is 0 Å². The summed E-state index contributed by atoms with van der Waals surface area (Å²) in [5.41, 5.74) is -0.700. The lowest BCUT2D eigenvalue weighted by atomic mass is 9.95. The smallest absolute Gasteiger partial charge is 0.119 e. The van der Waals surface area contributed by atoms with Gasteiger partial charge in [-0.3, -0.25) is 0 Å². The second kappa shape index (κ2) is 4.64. The van der Waals surface area contributed by atoms with Gasteiger partial charge in [0.25, 0.3) is 0 Å². The zero-order valence-electron chi connectivity index (χ0n) is 8.78. The lowest BCUT2D eigenvalue weighted by molar-refractivity contribution is -0.0230. The molecule has 0 spiro atoms. The van der Waals surface area contributed by atoms with Crippen LogP contribution < -0.4 is 10.1 Å². The Labute approximate surface area is 90.1 Å². The van der Waals surface area contributed by atoms with Crippen LogP contribution in [0.3, 0.4) is 0 Å². The molecule has 1 fully saturated rings. The highest BCUT2D eigenvalue weighted by Gasteiger charge is 2.29. The standard InChI is InChI=1S/C12H17NO2/c14-12(7-4-8-13-9-12)10-15-11-5-2-1-3-6-11/h1-3,5-6,13-14H,4,7-10H2/t12-/m0/s1. The van der Waals surface area contributed by atoms with Gasteiger partial charge in [-0.05, 0) is 31.5 Å². The normalized spacial score (nSPS) is 26.2. The van der Waals surface area contributed by atoms with E-state index in [0.29, 0.717) is 13.2 Å². The fraction of sp³-hybridized carbons (Fsp3) is 0.500. The maximum atomic E-state index is 10.1. The Hall–Kier alpha value is -1.06. The molecule has 1 aromatic carbocycles. The van der Waals surface area contributed by atoms with E-state index in [9.17, 15) is 5.11 Å². The van der Waals surface area contributed by atoms with Crippen molar-refractivity contribution in [3.05, 3.63) is 30.3 Å². The van der Waals surface area contributed by atoms with E-state index in [0.717, 1.165) is 25.1 Å². The second-order valence-corrected chi connectivity index (χ2v) is 4.11. The van der Waals surface area contributed by atoms with Crippen molar-refractivity contribution in [3.63, 3.8) is 0 Å². The van der Waals surface area contributed by atoms with Crippen LogP contribution in [0.1, 0.15) is 12.8 Å². The van der Waals surface area contributed by atoms with Gasteiger partial charge in [-0.2, -0.15) is 0 Å². The molecule has 3 heteroatoms. The molecule has 2 N–H and O–H groups in total. The van der Waals surface area contributed by atoms with Gasteiger partial charge in [-0.1, -0.05) is 18.2 Å².